The molecule has 38 heavy (non-hydrogen) atoms. The van der Waals surface area contributed by atoms with Gasteiger partial charge in [-0.15, -0.1) is 0 Å². The smallest absolute Gasteiger partial charge is 0.248 e. The summed E-state index contributed by atoms with van der Waals surface area (Å²) in [6.45, 7) is 5.00. The van der Waals surface area contributed by atoms with Gasteiger partial charge in [-0.1, -0.05) is 104 Å². The van der Waals surface area contributed by atoms with Crippen LogP contribution >= 0.6 is 0 Å². The van der Waals surface area contributed by atoms with Gasteiger partial charge in [-0.2, -0.15) is 0 Å². The number of allylic oxidation sites excluding steroid dienone is 1. The summed E-state index contributed by atoms with van der Waals surface area (Å²) in [6, 6.07) is 46.5. The highest BCUT2D eigenvalue weighted by molar-refractivity contribution is 6.96. The van der Waals surface area contributed by atoms with Gasteiger partial charge in [-0.25, -0.2) is 0 Å². The molecule has 0 amide bonds. The Morgan fingerprint density at radius 3 is 1.82 bits per heavy atom. The Labute approximate surface area is 224 Å². The van der Waals surface area contributed by atoms with Crippen molar-refractivity contribution < 1.29 is 0 Å². The molecule has 3 aliphatic rings. The normalized spacial score (nSPS) is 16.1. The average molecular weight is 486 g/mol. The van der Waals surface area contributed by atoms with Gasteiger partial charge in [-0.3, -0.25) is 0 Å². The first-order chi connectivity index (χ1) is 18.7. The monoisotopic (exact) mass is 486 g/mol. The number of rotatable bonds is 2. The molecule has 2 heterocycles. The van der Waals surface area contributed by atoms with Crippen LogP contribution in [-0.2, 0) is 5.41 Å². The second-order valence-corrected chi connectivity index (χ2v) is 11.0. The van der Waals surface area contributed by atoms with Gasteiger partial charge >= 0.3 is 0 Å². The van der Waals surface area contributed by atoms with E-state index >= 15 is 0 Å². The molecule has 0 spiro atoms. The molecule has 5 aromatic rings. The van der Waals surface area contributed by atoms with Crippen molar-refractivity contribution in [1.29, 1.82) is 0 Å². The zero-order valence-electron chi connectivity index (χ0n) is 21.6. The Kier molecular flexibility index (Phi) is 4.40. The quantitative estimate of drug-likeness (QED) is 0.239. The lowest BCUT2D eigenvalue weighted by Gasteiger charge is -2.45. The Morgan fingerprint density at radius 2 is 1.08 bits per heavy atom. The summed E-state index contributed by atoms with van der Waals surface area (Å²) in [5, 5.41) is 0. The van der Waals surface area contributed by atoms with E-state index in [1.54, 1.807) is 0 Å². The fourth-order valence-electron chi connectivity index (χ4n) is 7.13. The minimum absolute atomic E-state index is 0.115. The van der Waals surface area contributed by atoms with Crippen molar-refractivity contribution in [3.8, 4) is 0 Å². The van der Waals surface area contributed by atoms with E-state index in [1.807, 2.05) is 0 Å². The first kappa shape index (κ1) is 21.6. The SMILES string of the molecule is CC1(C)C2=C(c3ccccc31)N(c1ccccc1)c1cccc3c1B2c1ccccc1N3c1ccccc1. The fraction of sp³-hybridized carbons (Fsp3) is 0.0857. The number of anilines is 5. The van der Waals surface area contributed by atoms with E-state index in [1.165, 1.54) is 61.7 Å². The molecule has 0 atom stereocenters. The van der Waals surface area contributed by atoms with E-state index in [9.17, 15) is 0 Å². The summed E-state index contributed by atoms with van der Waals surface area (Å²) in [6.07, 6.45) is 0. The van der Waals surface area contributed by atoms with Gasteiger partial charge in [0, 0.05) is 45.1 Å². The number of nitrogens with zero attached hydrogens (tertiary/aromatic N) is 2. The van der Waals surface area contributed by atoms with Crippen LogP contribution in [0.5, 0.6) is 0 Å². The molecule has 5 aromatic carbocycles. The van der Waals surface area contributed by atoms with Crippen molar-refractivity contribution in [2.24, 2.45) is 0 Å². The topological polar surface area (TPSA) is 6.48 Å². The predicted molar refractivity (Wildman–Crippen MR) is 161 cm³/mol. The summed E-state index contributed by atoms with van der Waals surface area (Å²) < 4.78 is 0. The van der Waals surface area contributed by atoms with Crippen LogP contribution in [0, 0.1) is 0 Å². The maximum absolute atomic E-state index is 2.52. The lowest BCUT2D eigenvalue weighted by atomic mass is 9.30. The summed E-state index contributed by atoms with van der Waals surface area (Å²) >= 11 is 0. The Morgan fingerprint density at radius 1 is 0.526 bits per heavy atom. The molecular formula is C35H27BN2. The molecule has 8 rings (SSSR count). The number of fused-ring (bicyclic) bond motifs is 5. The Hall–Kier alpha value is -4.50. The molecule has 3 heteroatoms. The summed E-state index contributed by atoms with van der Waals surface area (Å²) in [7, 11) is 0. The van der Waals surface area contributed by atoms with Crippen LogP contribution in [0.3, 0.4) is 0 Å². The minimum atomic E-state index is -0.115. The standard InChI is InChI=1S/C35H27BN2/c1-35(2)27-19-10-9-18-26(27)33-34(35)36-28-20-11-12-21-29(28)37(24-14-5-3-6-15-24)30-22-13-23-31(32(30)36)38(33)25-16-7-4-8-17-25/h3-23H,1-2H3. The van der Waals surface area contributed by atoms with Crippen LogP contribution < -0.4 is 20.7 Å². The lowest BCUT2D eigenvalue weighted by Crippen LogP contribution is -2.57. The number of hydrogen-bond acceptors (Lipinski definition) is 2. The summed E-state index contributed by atoms with van der Waals surface area (Å²) in [5.41, 5.74) is 14.4. The minimum Gasteiger partial charge on any atom is -0.311 e. The molecular weight excluding hydrogens is 459 g/mol. The molecule has 0 saturated carbocycles. The maximum Gasteiger partial charge on any atom is 0.248 e. The highest BCUT2D eigenvalue weighted by atomic mass is 15.2. The van der Waals surface area contributed by atoms with Gasteiger partial charge in [0.15, 0.2) is 0 Å². The first-order valence-corrected chi connectivity index (χ1v) is 13.4. The van der Waals surface area contributed by atoms with Gasteiger partial charge in [0.05, 0.1) is 0 Å². The highest BCUT2D eigenvalue weighted by Crippen LogP contribution is 2.55. The van der Waals surface area contributed by atoms with Crippen molar-refractivity contribution in [3.05, 3.63) is 144 Å². The van der Waals surface area contributed by atoms with Crippen molar-refractivity contribution in [2.75, 3.05) is 9.80 Å². The molecule has 1 aliphatic carbocycles. The number of para-hydroxylation sites is 3. The Bertz CT molecular complexity index is 1750. The van der Waals surface area contributed by atoms with Crippen LogP contribution in [0.4, 0.5) is 28.4 Å². The van der Waals surface area contributed by atoms with Gasteiger partial charge in [0.2, 0.25) is 6.71 Å². The van der Waals surface area contributed by atoms with Crippen LogP contribution in [0.15, 0.2) is 133 Å². The van der Waals surface area contributed by atoms with Crippen molar-refractivity contribution in [2.45, 2.75) is 19.3 Å². The van der Waals surface area contributed by atoms with E-state index in [0.29, 0.717) is 0 Å². The van der Waals surface area contributed by atoms with Crippen molar-refractivity contribution >= 4 is 51.8 Å². The molecule has 2 nitrogen and oxygen atoms in total. The second-order valence-electron chi connectivity index (χ2n) is 11.0. The van der Waals surface area contributed by atoms with Gasteiger partial charge < -0.3 is 9.80 Å². The number of hydrogen-bond donors (Lipinski definition) is 0. The van der Waals surface area contributed by atoms with E-state index in [4.69, 9.17) is 0 Å². The molecule has 0 fully saturated rings. The van der Waals surface area contributed by atoms with E-state index in [-0.39, 0.29) is 12.1 Å². The predicted octanol–water partition coefficient (Wildman–Crippen LogP) is 7.47. The largest absolute Gasteiger partial charge is 0.311 e. The van der Waals surface area contributed by atoms with Crippen molar-refractivity contribution in [3.63, 3.8) is 0 Å². The molecule has 180 valence electrons. The lowest BCUT2D eigenvalue weighted by molar-refractivity contribution is 0.666. The van der Waals surface area contributed by atoms with Gasteiger partial charge in [0.1, 0.15) is 0 Å². The fourth-order valence-corrected chi connectivity index (χ4v) is 7.13. The molecule has 0 aromatic heterocycles. The van der Waals surface area contributed by atoms with Gasteiger partial charge in [-0.05, 0) is 59.0 Å². The Balaban J connectivity index is 1.51. The highest BCUT2D eigenvalue weighted by Gasteiger charge is 2.52. The molecule has 0 saturated heterocycles. The van der Waals surface area contributed by atoms with E-state index < -0.39 is 0 Å². The molecule has 0 unspecified atom stereocenters. The van der Waals surface area contributed by atoms with Crippen LogP contribution in [0.2, 0.25) is 0 Å². The molecule has 2 aliphatic heterocycles. The third-order valence-corrected chi connectivity index (χ3v) is 8.64. The first-order valence-electron chi connectivity index (χ1n) is 13.4. The third kappa shape index (κ3) is 2.74. The van der Waals surface area contributed by atoms with Crippen LogP contribution in [0.25, 0.3) is 5.70 Å². The summed E-state index contributed by atoms with van der Waals surface area (Å²) in [4.78, 5) is 4.98. The average Bonchev–Trinajstić information content (AvgIpc) is 3.21. The van der Waals surface area contributed by atoms with Crippen LogP contribution in [0.1, 0.15) is 25.0 Å². The van der Waals surface area contributed by atoms with E-state index in [0.717, 1.165) is 0 Å². The summed E-state index contributed by atoms with van der Waals surface area (Å²) in [5.74, 6) is 0. The molecule has 0 radical (unpaired) electrons. The number of benzene rings is 5. The zero-order valence-corrected chi connectivity index (χ0v) is 21.6. The maximum atomic E-state index is 2.52. The van der Waals surface area contributed by atoms with Crippen molar-refractivity contribution in [1.82, 2.24) is 0 Å². The van der Waals surface area contributed by atoms with Gasteiger partial charge in [0.25, 0.3) is 0 Å². The second kappa shape index (κ2) is 7.75. The van der Waals surface area contributed by atoms with E-state index in [2.05, 4.69) is 151 Å². The molecule has 0 N–H and O–H groups in total. The molecule has 0 bridgehead atoms. The third-order valence-electron chi connectivity index (χ3n) is 8.64. The zero-order chi connectivity index (χ0) is 25.4. The van der Waals surface area contributed by atoms with Crippen LogP contribution in [-0.4, -0.2) is 6.71 Å².